The van der Waals surface area contributed by atoms with Gasteiger partial charge >= 0.3 is 0 Å². The van der Waals surface area contributed by atoms with E-state index in [1.165, 1.54) is 0 Å². The van der Waals surface area contributed by atoms with Crippen LogP contribution in [-0.4, -0.2) is 23.8 Å². The summed E-state index contributed by atoms with van der Waals surface area (Å²) in [6.07, 6.45) is 0. The second-order valence-electron chi connectivity index (χ2n) is 3.77. The Hall–Kier alpha value is -1.36. The van der Waals surface area contributed by atoms with Crippen LogP contribution in [0.2, 0.25) is 0 Å². The quantitative estimate of drug-likeness (QED) is 0.812. The van der Waals surface area contributed by atoms with Gasteiger partial charge in [-0.2, -0.15) is 0 Å². The number of aliphatic imine (C=N–C) groups is 1. The second kappa shape index (κ2) is 3.90. The van der Waals surface area contributed by atoms with Gasteiger partial charge in [0, 0.05) is 17.0 Å². The highest BCUT2D eigenvalue weighted by Crippen LogP contribution is 2.34. The zero-order valence-electron chi connectivity index (χ0n) is 8.90. The molecule has 0 spiro atoms. The van der Waals surface area contributed by atoms with Crippen LogP contribution in [0.15, 0.2) is 23.2 Å². The minimum atomic E-state index is 0.311. The molecule has 2 aliphatic heterocycles. The van der Waals surface area contributed by atoms with E-state index in [0.717, 1.165) is 28.9 Å². The Bertz CT molecular complexity index is 448. The SMILES string of the molecule is CC1CN=C(Nc2ccc3c(c2)OCO3)S1. The first-order valence-electron chi connectivity index (χ1n) is 5.19. The molecule has 1 N–H and O–H groups in total. The number of thioether (sulfide) groups is 1. The van der Waals surface area contributed by atoms with E-state index < -0.39 is 0 Å². The Labute approximate surface area is 98.0 Å². The fourth-order valence-corrected chi connectivity index (χ4v) is 2.50. The molecule has 0 bridgehead atoms. The molecule has 84 valence electrons. The van der Waals surface area contributed by atoms with Crippen LogP contribution in [0, 0.1) is 0 Å². The molecule has 0 radical (unpaired) electrons. The molecular weight excluding hydrogens is 224 g/mol. The van der Waals surface area contributed by atoms with Crippen LogP contribution in [0.3, 0.4) is 0 Å². The fraction of sp³-hybridized carbons (Fsp3) is 0.364. The number of ether oxygens (including phenoxy) is 2. The third kappa shape index (κ3) is 1.82. The molecule has 0 fully saturated rings. The van der Waals surface area contributed by atoms with Crippen LogP contribution in [0.25, 0.3) is 0 Å². The van der Waals surface area contributed by atoms with E-state index in [0.29, 0.717) is 12.0 Å². The molecule has 16 heavy (non-hydrogen) atoms. The van der Waals surface area contributed by atoms with Crippen molar-refractivity contribution < 1.29 is 9.47 Å². The predicted molar refractivity (Wildman–Crippen MR) is 65.5 cm³/mol. The van der Waals surface area contributed by atoms with Crippen LogP contribution in [-0.2, 0) is 0 Å². The van der Waals surface area contributed by atoms with E-state index >= 15 is 0 Å². The molecule has 0 aromatic heterocycles. The number of nitrogens with one attached hydrogen (secondary N) is 1. The smallest absolute Gasteiger partial charge is 0.231 e. The number of amidine groups is 1. The lowest BCUT2D eigenvalue weighted by atomic mass is 10.3. The van der Waals surface area contributed by atoms with Crippen LogP contribution in [0.5, 0.6) is 11.5 Å². The van der Waals surface area contributed by atoms with Gasteiger partial charge in [0.15, 0.2) is 16.7 Å². The van der Waals surface area contributed by atoms with Crippen molar-refractivity contribution in [1.82, 2.24) is 0 Å². The van der Waals surface area contributed by atoms with Gasteiger partial charge in [-0.05, 0) is 12.1 Å². The van der Waals surface area contributed by atoms with Crippen molar-refractivity contribution in [3.8, 4) is 11.5 Å². The summed E-state index contributed by atoms with van der Waals surface area (Å²) in [4.78, 5) is 4.40. The van der Waals surface area contributed by atoms with E-state index in [1.807, 2.05) is 18.2 Å². The summed E-state index contributed by atoms with van der Waals surface area (Å²) in [5.74, 6) is 1.60. The van der Waals surface area contributed by atoms with Crippen molar-refractivity contribution >= 4 is 22.6 Å². The Morgan fingerprint density at radius 2 is 2.25 bits per heavy atom. The van der Waals surface area contributed by atoms with Gasteiger partial charge < -0.3 is 14.8 Å². The highest BCUT2D eigenvalue weighted by atomic mass is 32.2. The molecule has 5 heteroatoms. The highest BCUT2D eigenvalue weighted by Gasteiger charge is 2.17. The second-order valence-corrected chi connectivity index (χ2v) is 5.19. The van der Waals surface area contributed by atoms with E-state index in [4.69, 9.17) is 9.47 Å². The first-order chi connectivity index (χ1) is 7.81. The molecule has 1 unspecified atom stereocenters. The van der Waals surface area contributed by atoms with Crippen LogP contribution >= 0.6 is 11.8 Å². The number of hydrogen-bond acceptors (Lipinski definition) is 5. The van der Waals surface area contributed by atoms with Gasteiger partial charge in [-0.3, -0.25) is 4.99 Å². The minimum absolute atomic E-state index is 0.311. The molecule has 1 aromatic carbocycles. The van der Waals surface area contributed by atoms with Gasteiger partial charge in [0.05, 0.1) is 6.54 Å². The summed E-state index contributed by atoms with van der Waals surface area (Å²) in [6.45, 7) is 3.37. The molecule has 0 saturated carbocycles. The number of benzene rings is 1. The maximum absolute atomic E-state index is 5.32. The number of anilines is 1. The van der Waals surface area contributed by atoms with Crippen LogP contribution in [0.1, 0.15) is 6.92 Å². The van der Waals surface area contributed by atoms with Crippen molar-refractivity contribution in [1.29, 1.82) is 0 Å². The molecule has 2 aliphatic rings. The van der Waals surface area contributed by atoms with E-state index in [9.17, 15) is 0 Å². The fourth-order valence-electron chi connectivity index (χ4n) is 1.64. The number of rotatable bonds is 1. The van der Waals surface area contributed by atoms with Crippen LogP contribution in [0.4, 0.5) is 5.69 Å². The van der Waals surface area contributed by atoms with E-state index in [-0.39, 0.29) is 0 Å². The summed E-state index contributed by atoms with van der Waals surface area (Å²) >= 11 is 1.76. The predicted octanol–water partition coefficient (Wildman–Crippen LogP) is 2.32. The van der Waals surface area contributed by atoms with E-state index in [1.54, 1.807) is 11.8 Å². The molecule has 0 saturated heterocycles. The van der Waals surface area contributed by atoms with Gasteiger partial charge in [0.25, 0.3) is 0 Å². The van der Waals surface area contributed by atoms with Crippen molar-refractivity contribution in [3.05, 3.63) is 18.2 Å². The molecule has 3 rings (SSSR count). The van der Waals surface area contributed by atoms with Crippen molar-refractivity contribution in [2.45, 2.75) is 12.2 Å². The first-order valence-corrected chi connectivity index (χ1v) is 6.07. The number of nitrogens with zero attached hydrogens (tertiary/aromatic N) is 1. The lowest BCUT2D eigenvalue weighted by Crippen LogP contribution is -2.05. The lowest BCUT2D eigenvalue weighted by molar-refractivity contribution is 0.174. The third-order valence-corrected chi connectivity index (χ3v) is 3.43. The summed E-state index contributed by atoms with van der Waals surface area (Å²) in [7, 11) is 0. The zero-order valence-corrected chi connectivity index (χ0v) is 9.71. The average molecular weight is 236 g/mol. The lowest BCUT2D eigenvalue weighted by Gasteiger charge is -2.06. The summed E-state index contributed by atoms with van der Waals surface area (Å²) in [5.41, 5.74) is 0.990. The molecular formula is C11H12N2O2S. The van der Waals surface area contributed by atoms with E-state index in [2.05, 4.69) is 17.2 Å². The molecule has 1 aromatic rings. The molecule has 0 amide bonds. The Balaban J connectivity index is 1.76. The Morgan fingerprint density at radius 1 is 1.38 bits per heavy atom. The van der Waals surface area contributed by atoms with Gasteiger partial charge in [-0.25, -0.2) is 0 Å². The summed E-state index contributed by atoms with van der Waals surface area (Å²) in [6, 6.07) is 5.82. The van der Waals surface area contributed by atoms with Gasteiger partial charge in [0.1, 0.15) is 0 Å². The topological polar surface area (TPSA) is 42.9 Å². The average Bonchev–Trinajstić information content (AvgIpc) is 2.87. The maximum Gasteiger partial charge on any atom is 0.231 e. The third-order valence-electron chi connectivity index (χ3n) is 2.43. The normalized spacial score (nSPS) is 22.1. The standard InChI is InChI=1S/C11H12N2O2S/c1-7-5-12-11(16-7)13-8-2-3-9-10(4-8)15-6-14-9/h2-4,7H,5-6H2,1H3,(H,12,13). The maximum atomic E-state index is 5.32. The molecule has 2 heterocycles. The molecule has 0 aliphatic carbocycles. The van der Waals surface area contributed by atoms with Crippen molar-refractivity contribution in [2.24, 2.45) is 4.99 Å². The van der Waals surface area contributed by atoms with Gasteiger partial charge in [0.2, 0.25) is 6.79 Å². The minimum Gasteiger partial charge on any atom is -0.454 e. The molecule has 4 nitrogen and oxygen atoms in total. The van der Waals surface area contributed by atoms with Gasteiger partial charge in [-0.15, -0.1) is 0 Å². The largest absolute Gasteiger partial charge is 0.454 e. The Kier molecular flexibility index (Phi) is 2.40. The summed E-state index contributed by atoms with van der Waals surface area (Å²) in [5, 5.41) is 4.82. The van der Waals surface area contributed by atoms with Crippen molar-refractivity contribution in [3.63, 3.8) is 0 Å². The summed E-state index contributed by atoms with van der Waals surface area (Å²) < 4.78 is 10.6. The zero-order chi connectivity index (χ0) is 11.0. The monoisotopic (exact) mass is 236 g/mol. The number of hydrogen-bond donors (Lipinski definition) is 1. The van der Waals surface area contributed by atoms with Crippen molar-refractivity contribution in [2.75, 3.05) is 18.7 Å². The van der Waals surface area contributed by atoms with Gasteiger partial charge in [-0.1, -0.05) is 18.7 Å². The molecule has 1 atom stereocenters. The highest BCUT2D eigenvalue weighted by molar-refractivity contribution is 8.15. The Morgan fingerprint density at radius 3 is 3.06 bits per heavy atom. The first kappa shape index (κ1) is 9.84. The van der Waals surface area contributed by atoms with Crippen LogP contribution < -0.4 is 14.8 Å². The number of fused-ring (bicyclic) bond motifs is 1.